The maximum Gasteiger partial charge on any atom is 0.217 e. The van der Waals surface area contributed by atoms with Gasteiger partial charge in [0.25, 0.3) is 0 Å². The van der Waals surface area contributed by atoms with E-state index >= 15 is 0 Å². The number of nitrogens with two attached hydrogens (primary N) is 1. The fraction of sp³-hybridized carbons (Fsp3) is 0.889. The number of carbonyl (C=O) groups is 1. The Morgan fingerprint density at radius 1 is 1.62 bits per heavy atom. The number of amides is 1. The van der Waals surface area contributed by atoms with Crippen LogP contribution in [0.15, 0.2) is 0 Å². The van der Waals surface area contributed by atoms with Gasteiger partial charge in [-0.2, -0.15) is 0 Å². The van der Waals surface area contributed by atoms with Gasteiger partial charge in [0.15, 0.2) is 0 Å². The molecule has 1 amide bonds. The van der Waals surface area contributed by atoms with E-state index in [-0.39, 0.29) is 24.1 Å². The van der Waals surface area contributed by atoms with E-state index < -0.39 is 0 Å². The van der Waals surface area contributed by atoms with Gasteiger partial charge < -0.3 is 15.8 Å². The van der Waals surface area contributed by atoms with Crippen molar-refractivity contribution in [2.75, 3.05) is 6.61 Å². The normalized spacial score (nSPS) is 31.0. The van der Waals surface area contributed by atoms with Gasteiger partial charge in [-0.15, -0.1) is 0 Å². The average Bonchev–Trinajstić information content (AvgIpc) is 2.04. The van der Waals surface area contributed by atoms with Gasteiger partial charge in [-0.3, -0.25) is 4.79 Å². The van der Waals surface area contributed by atoms with Crippen LogP contribution in [0.2, 0.25) is 0 Å². The molecule has 3 atom stereocenters. The van der Waals surface area contributed by atoms with Crippen molar-refractivity contribution in [1.29, 1.82) is 0 Å². The Morgan fingerprint density at radius 3 is 2.77 bits per heavy atom. The zero-order chi connectivity index (χ0) is 9.84. The van der Waals surface area contributed by atoms with Crippen LogP contribution in [0.1, 0.15) is 26.7 Å². The fourth-order valence-corrected chi connectivity index (χ4v) is 1.60. The lowest BCUT2D eigenvalue weighted by Gasteiger charge is -2.31. The number of rotatable bonds is 2. The molecule has 0 radical (unpaired) electrons. The first-order valence-corrected chi connectivity index (χ1v) is 4.74. The highest BCUT2D eigenvalue weighted by Crippen LogP contribution is 2.15. The van der Waals surface area contributed by atoms with Crippen molar-refractivity contribution in [3.8, 4) is 0 Å². The van der Waals surface area contributed by atoms with E-state index in [0.717, 1.165) is 12.8 Å². The summed E-state index contributed by atoms with van der Waals surface area (Å²) in [5, 5.41) is 2.82. The van der Waals surface area contributed by atoms with Crippen LogP contribution in [0.4, 0.5) is 0 Å². The summed E-state index contributed by atoms with van der Waals surface area (Å²) in [5.41, 5.74) is 5.69. The Morgan fingerprint density at radius 2 is 2.31 bits per heavy atom. The molecule has 0 aromatic heterocycles. The zero-order valence-electron chi connectivity index (χ0n) is 8.25. The standard InChI is InChI=1S/C9H18N2O2/c1-6(11-7(2)12)9-4-3-8(10)5-13-9/h6,8-9H,3-5,10H2,1-2H3,(H,11,12)/t6?,8-,9+/m1/s1. The molecule has 1 aliphatic rings. The molecular weight excluding hydrogens is 168 g/mol. The second kappa shape index (κ2) is 4.58. The lowest BCUT2D eigenvalue weighted by atomic mass is 10.0. The average molecular weight is 186 g/mol. The van der Waals surface area contributed by atoms with Gasteiger partial charge in [0, 0.05) is 13.0 Å². The molecule has 0 aromatic rings. The fourth-order valence-electron chi connectivity index (χ4n) is 1.60. The zero-order valence-corrected chi connectivity index (χ0v) is 8.25. The third kappa shape index (κ3) is 3.32. The summed E-state index contributed by atoms with van der Waals surface area (Å²) in [5.74, 6) is -0.00836. The van der Waals surface area contributed by atoms with E-state index in [9.17, 15) is 4.79 Å². The van der Waals surface area contributed by atoms with Gasteiger partial charge in [-0.05, 0) is 19.8 Å². The van der Waals surface area contributed by atoms with Crippen molar-refractivity contribution in [3.05, 3.63) is 0 Å². The molecule has 1 rings (SSSR count). The van der Waals surface area contributed by atoms with Gasteiger partial charge in [0.2, 0.25) is 5.91 Å². The molecule has 1 fully saturated rings. The molecule has 1 saturated heterocycles. The predicted molar refractivity (Wildman–Crippen MR) is 50.2 cm³/mol. The Kier molecular flexibility index (Phi) is 3.69. The summed E-state index contributed by atoms with van der Waals surface area (Å²) in [7, 11) is 0. The summed E-state index contributed by atoms with van der Waals surface area (Å²) < 4.78 is 5.51. The third-order valence-corrected chi connectivity index (χ3v) is 2.33. The largest absolute Gasteiger partial charge is 0.374 e. The topological polar surface area (TPSA) is 64.4 Å². The van der Waals surface area contributed by atoms with E-state index in [4.69, 9.17) is 10.5 Å². The highest BCUT2D eigenvalue weighted by molar-refractivity contribution is 5.73. The molecule has 0 spiro atoms. The number of hydrogen-bond acceptors (Lipinski definition) is 3. The summed E-state index contributed by atoms with van der Waals surface area (Å²) in [6, 6.07) is 0.255. The van der Waals surface area contributed by atoms with Crippen molar-refractivity contribution in [1.82, 2.24) is 5.32 Å². The van der Waals surface area contributed by atoms with Crippen molar-refractivity contribution in [2.45, 2.75) is 44.9 Å². The van der Waals surface area contributed by atoms with E-state index in [2.05, 4.69) is 5.32 Å². The van der Waals surface area contributed by atoms with Crippen LogP contribution < -0.4 is 11.1 Å². The van der Waals surface area contributed by atoms with Crippen LogP contribution >= 0.6 is 0 Å². The van der Waals surface area contributed by atoms with Gasteiger partial charge in [-0.1, -0.05) is 0 Å². The second-order valence-corrected chi connectivity index (χ2v) is 3.70. The molecule has 4 heteroatoms. The Hall–Kier alpha value is -0.610. The smallest absolute Gasteiger partial charge is 0.217 e. The summed E-state index contributed by atoms with van der Waals surface area (Å²) >= 11 is 0. The highest BCUT2D eigenvalue weighted by Gasteiger charge is 2.24. The number of hydrogen-bond donors (Lipinski definition) is 2. The molecule has 1 heterocycles. The van der Waals surface area contributed by atoms with Crippen LogP contribution in [0.25, 0.3) is 0 Å². The Labute approximate surface area is 78.8 Å². The van der Waals surface area contributed by atoms with Crippen LogP contribution in [0, 0.1) is 0 Å². The first kappa shape index (κ1) is 10.5. The maximum absolute atomic E-state index is 10.8. The van der Waals surface area contributed by atoms with Crippen LogP contribution in [-0.4, -0.2) is 30.7 Å². The molecule has 0 aromatic carbocycles. The second-order valence-electron chi connectivity index (χ2n) is 3.70. The minimum Gasteiger partial charge on any atom is -0.374 e. The van der Waals surface area contributed by atoms with Gasteiger partial charge in [0.1, 0.15) is 0 Å². The van der Waals surface area contributed by atoms with Crippen LogP contribution in [0.5, 0.6) is 0 Å². The van der Waals surface area contributed by atoms with Crippen molar-refractivity contribution in [3.63, 3.8) is 0 Å². The predicted octanol–water partition coefficient (Wildman–Crippen LogP) is 0.0173. The van der Waals surface area contributed by atoms with E-state index in [1.165, 1.54) is 6.92 Å². The van der Waals surface area contributed by atoms with Crippen molar-refractivity contribution < 1.29 is 9.53 Å². The summed E-state index contributed by atoms with van der Waals surface area (Å²) in [6.07, 6.45) is 2.04. The van der Waals surface area contributed by atoms with Gasteiger partial charge in [0.05, 0.1) is 18.8 Å². The summed E-state index contributed by atoms with van der Waals surface area (Å²) in [4.78, 5) is 10.8. The van der Waals surface area contributed by atoms with Gasteiger partial charge in [-0.25, -0.2) is 0 Å². The molecule has 1 unspecified atom stereocenters. The van der Waals surface area contributed by atoms with E-state index in [1.807, 2.05) is 6.92 Å². The summed E-state index contributed by atoms with van der Waals surface area (Å²) in [6.45, 7) is 4.09. The maximum atomic E-state index is 10.8. The van der Waals surface area contributed by atoms with Crippen LogP contribution in [-0.2, 0) is 9.53 Å². The molecule has 76 valence electrons. The third-order valence-electron chi connectivity index (χ3n) is 2.33. The van der Waals surface area contributed by atoms with Crippen LogP contribution in [0.3, 0.4) is 0 Å². The number of ether oxygens (including phenoxy) is 1. The molecule has 0 saturated carbocycles. The Balaban J connectivity index is 2.31. The molecule has 3 N–H and O–H groups in total. The first-order chi connectivity index (χ1) is 6.09. The molecule has 0 aliphatic carbocycles. The SMILES string of the molecule is CC(=O)NC(C)[C@@H]1CC[C@@H](N)CO1. The quantitative estimate of drug-likeness (QED) is 0.639. The van der Waals surface area contributed by atoms with E-state index in [1.54, 1.807) is 0 Å². The molecule has 4 nitrogen and oxygen atoms in total. The minimum atomic E-state index is -0.00836. The lowest BCUT2D eigenvalue weighted by Crippen LogP contribution is -2.46. The molecule has 1 aliphatic heterocycles. The number of nitrogens with one attached hydrogen (secondary N) is 1. The lowest BCUT2D eigenvalue weighted by molar-refractivity contribution is -0.121. The number of carbonyl (C=O) groups excluding carboxylic acids is 1. The van der Waals surface area contributed by atoms with Crippen molar-refractivity contribution >= 4 is 5.91 Å². The van der Waals surface area contributed by atoms with Gasteiger partial charge >= 0.3 is 0 Å². The molecule has 0 bridgehead atoms. The minimum absolute atomic E-state index is 0.00836. The monoisotopic (exact) mass is 186 g/mol. The van der Waals surface area contributed by atoms with Crippen molar-refractivity contribution in [2.24, 2.45) is 5.73 Å². The van der Waals surface area contributed by atoms with E-state index in [0.29, 0.717) is 6.61 Å². The molecular formula is C9H18N2O2. The highest BCUT2D eigenvalue weighted by atomic mass is 16.5. The first-order valence-electron chi connectivity index (χ1n) is 4.74. The molecule has 13 heavy (non-hydrogen) atoms. The Bertz CT molecular complexity index is 176.